The predicted molar refractivity (Wildman–Crippen MR) is 101 cm³/mol. The molecule has 1 aromatic rings. The normalized spacial score (nSPS) is 16.4. The number of amides is 4. The standard InChI is InChI=1S/C20H23N3O6/c1-21-16(24)10-22-17(25)11-29-20(28)12-7-8-14-15(9-12)19(27)23(18(14)26)13-5-3-2-4-6-13/h7-9,13H,2-6,10-11H2,1H3,(H,21,24)(H,22,25). The molecule has 4 amide bonds. The Kier molecular flexibility index (Phi) is 6.26. The van der Waals surface area contributed by atoms with Gasteiger partial charge in [0.1, 0.15) is 0 Å². The van der Waals surface area contributed by atoms with Crippen molar-refractivity contribution in [2.24, 2.45) is 0 Å². The first-order chi connectivity index (χ1) is 13.9. The van der Waals surface area contributed by atoms with Crippen LogP contribution in [0.25, 0.3) is 0 Å². The van der Waals surface area contributed by atoms with Gasteiger partial charge in [0.15, 0.2) is 6.61 Å². The predicted octanol–water partition coefficient (Wildman–Crippen LogP) is 0.634. The number of carbonyl (C=O) groups excluding carboxylic acids is 5. The Labute approximate surface area is 167 Å². The molecule has 9 heteroatoms. The van der Waals surface area contributed by atoms with E-state index in [0.717, 1.165) is 32.1 Å². The van der Waals surface area contributed by atoms with E-state index in [2.05, 4.69) is 10.6 Å². The Balaban J connectivity index is 1.64. The van der Waals surface area contributed by atoms with E-state index in [9.17, 15) is 24.0 Å². The summed E-state index contributed by atoms with van der Waals surface area (Å²) < 4.78 is 4.93. The van der Waals surface area contributed by atoms with Gasteiger partial charge in [0.25, 0.3) is 17.7 Å². The number of rotatable bonds is 6. The number of hydrogen-bond acceptors (Lipinski definition) is 6. The van der Waals surface area contributed by atoms with E-state index in [1.165, 1.54) is 30.1 Å². The zero-order chi connectivity index (χ0) is 21.0. The molecule has 0 spiro atoms. The van der Waals surface area contributed by atoms with Gasteiger partial charge in [-0.25, -0.2) is 4.79 Å². The van der Waals surface area contributed by atoms with Crippen molar-refractivity contribution in [1.82, 2.24) is 15.5 Å². The lowest BCUT2D eigenvalue weighted by Gasteiger charge is -2.29. The second-order valence-electron chi connectivity index (χ2n) is 7.06. The van der Waals surface area contributed by atoms with Crippen LogP contribution in [0.5, 0.6) is 0 Å². The average Bonchev–Trinajstić information content (AvgIpc) is 3.00. The van der Waals surface area contributed by atoms with Crippen LogP contribution in [0.1, 0.15) is 63.2 Å². The van der Waals surface area contributed by atoms with Gasteiger partial charge < -0.3 is 15.4 Å². The van der Waals surface area contributed by atoms with Crippen molar-refractivity contribution in [2.45, 2.75) is 38.1 Å². The number of hydrogen-bond donors (Lipinski definition) is 2. The number of fused-ring (bicyclic) bond motifs is 1. The van der Waals surface area contributed by atoms with Gasteiger partial charge in [-0.1, -0.05) is 19.3 Å². The molecule has 29 heavy (non-hydrogen) atoms. The van der Waals surface area contributed by atoms with Crippen molar-refractivity contribution >= 4 is 29.6 Å². The largest absolute Gasteiger partial charge is 0.452 e. The van der Waals surface area contributed by atoms with Crippen molar-refractivity contribution in [3.63, 3.8) is 0 Å². The quantitative estimate of drug-likeness (QED) is 0.533. The minimum absolute atomic E-state index is 0.0782. The Hall–Kier alpha value is -3.23. The third-order valence-electron chi connectivity index (χ3n) is 5.15. The molecule has 1 aliphatic heterocycles. The molecule has 1 aromatic carbocycles. The van der Waals surface area contributed by atoms with E-state index in [1.54, 1.807) is 0 Å². The first-order valence-corrected chi connectivity index (χ1v) is 9.58. The summed E-state index contributed by atoms with van der Waals surface area (Å²) in [5.41, 5.74) is 0.536. The van der Waals surface area contributed by atoms with Crippen LogP contribution >= 0.6 is 0 Å². The molecule has 154 valence electrons. The van der Waals surface area contributed by atoms with Crippen molar-refractivity contribution in [3.8, 4) is 0 Å². The molecule has 0 unspecified atom stereocenters. The molecule has 1 heterocycles. The molecule has 1 aliphatic carbocycles. The molecular weight excluding hydrogens is 378 g/mol. The maximum Gasteiger partial charge on any atom is 0.338 e. The zero-order valence-corrected chi connectivity index (χ0v) is 16.2. The van der Waals surface area contributed by atoms with Gasteiger partial charge in [-0.2, -0.15) is 0 Å². The van der Waals surface area contributed by atoms with E-state index < -0.39 is 24.4 Å². The smallest absolute Gasteiger partial charge is 0.338 e. The fourth-order valence-electron chi connectivity index (χ4n) is 3.59. The fraction of sp³-hybridized carbons (Fsp3) is 0.450. The number of carbonyl (C=O) groups is 5. The third-order valence-corrected chi connectivity index (χ3v) is 5.15. The molecule has 1 fully saturated rings. The van der Waals surface area contributed by atoms with Crippen LogP contribution in [0, 0.1) is 0 Å². The van der Waals surface area contributed by atoms with Crippen molar-refractivity contribution in [2.75, 3.05) is 20.2 Å². The molecule has 0 radical (unpaired) electrons. The van der Waals surface area contributed by atoms with E-state index in [4.69, 9.17) is 4.74 Å². The van der Waals surface area contributed by atoms with E-state index in [1.807, 2.05) is 0 Å². The van der Waals surface area contributed by atoms with Crippen LogP contribution < -0.4 is 10.6 Å². The number of ether oxygens (including phenoxy) is 1. The number of benzene rings is 1. The van der Waals surface area contributed by atoms with Crippen LogP contribution in [-0.2, 0) is 14.3 Å². The van der Waals surface area contributed by atoms with Crippen LogP contribution in [0.15, 0.2) is 18.2 Å². The number of imide groups is 1. The summed E-state index contributed by atoms with van der Waals surface area (Å²) in [6, 6.07) is 4.08. The highest BCUT2D eigenvalue weighted by Gasteiger charge is 2.40. The highest BCUT2D eigenvalue weighted by atomic mass is 16.5. The Morgan fingerprint density at radius 1 is 1.03 bits per heavy atom. The molecule has 0 bridgehead atoms. The van der Waals surface area contributed by atoms with Crippen LogP contribution in [0.2, 0.25) is 0 Å². The monoisotopic (exact) mass is 401 g/mol. The second kappa shape index (κ2) is 8.85. The van der Waals surface area contributed by atoms with Crippen molar-refractivity contribution in [1.29, 1.82) is 0 Å². The Morgan fingerprint density at radius 3 is 2.41 bits per heavy atom. The maximum atomic E-state index is 12.8. The fourth-order valence-corrected chi connectivity index (χ4v) is 3.59. The molecule has 2 aliphatic rings. The number of nitrogens with one attached hydrogen (secondary N) is 2. The third kappa shape index (κ3) is 4.44. The molecular formula is C20H23N3O6. The molecule has 2 N–H and O–H groups in total. The number of nitrogens with zero attached hydrogens (tertiary/aromatic N) is 1. The zero-order valence-electron chi connectivity index (χ0n) is 16.2. The lowest BCUT2D eigenvalue weighted by molar-refractivity contribution is -0.127. The van der Waals surface area contributed by atoms with E-state index >= 15 is 0 Å². The topological polar surface area (TPSA) is 122 Å². The van der Waals surface area contributed by atoms with Gasteiger partial charge in [0.2, 0.25) is 5.91 Å². The van der Waals surface area contributed by atoms with Gasteiger partial charge >= 0.3 is 5.97 Å². The van der Waals surface area contributed by atoms with Gasteiger partial charge in [-0.05, 0) is 31.0 Å². The summed E-state index contributed by atoms with van der Waals surface area (Å²) in [6.07, 6.45) is 4.67. The van der Waals surface area contributed by atoms with Gasteiger partial charge in [0, 0.05) is 13.1 Å². The highest BCUT2D eigenvalue weighted by molar-refractivity contribution is 6.22. The first-order valence-electron chi connectivity index (χ1n) is 9.58. The molecule has 1 saturated carbocycles. The molecule has 0 saturated heterocycles. The Morgan fingerprint density at radius 2 is 1.72 bits per heavy atom. The molecule has 9 nitrogen and oxygen atoms in total. The summed E-state index contributed by atoms with van der Waals surface area (Å²) >= 11 is 0. The van der Waals surface area contributed by atoms with Gasteiger partial charge in [0.05, 0.1) is 23.2 Å². The van der Waals surface area contributed by atoms with Crippen LogP contribution in [0.3, 0.4) is 0 Å². The summed E-state index contributed by atoms with van der Waals surface area (Å²) in [5, 5.41) is 4.65. The van der Waals surface area contributed by atoms with E-state index in [0.29, 0.717) is 0 Å². The summed E-state index contributed by atoms with van der Waals surface area (Å²) in [6.45, 7) is -0.784. The first kappa shape index (κ1) is 20.5. The minimum Gasteiger partial charge on any atom is -0.452 e. The molecule has 0 atom stereocenters. The second-order valence-corrected chi connectivity index (χ2v) is 7.06. The molecule has 3 rings (SSSR count). The lowest BCUT2D eigenvalue weighted by Crippen LogP contribution is -2.40. The van der Waals surface area contributed by atoms with Crippen LogP contribution in [-0.4, -0.2) is 60.7 Å². The average molecular weight is 401 g/mol. The van der Waals surface area contributed by atoms with Crippen molar-refractivity contribution in [3.05, 3.63) is 34.9 Å². The SMILES string of the molecule is CNC(=O)CNC(=O)COC(=O)c1ccc2c(c1)C(=O)N(C1CCCCC1)C2=O. The highest BCUT2D eigenvalue weighted by Crippen LogP contribution is 2.31. The van der Waals surface area contributed by atoms with Gasteiger partial charge in [-0.3, -0.25) is 24.1 Å². The lowest BCUT2D eigenvalue weighted by atomic mass is 9.94. The minimum atomic E-state index is -0.792. The van der Waals surface area contributed by atoms with Crippen LogP contribution in [0.4, 0.5) is 0 Å². The van der Waals surface area contributed by atoms with Gasteiger partial charge in [-0.15, -0.1) is 0 Å². The molecule has 0 aromatic heterocycles. The Bertz CT molecular complexity index is 860. The number of likely N-dealkylation sites (N-methyl/N-ethyl adjacent to an activating group) is 1. The summed E-state index contributed by atoms with van der Waals surface area (Å²) in [7, 11) is 1.43. The number of esters is 1. The summed E-state index contributed by atoms with van der Waals surface area (Å²) in [4.78, 5) is 61.7. The van der Waals surface area contributed by atoms with E-state index in [-0.39, 0.29) is 41.1 Å². The van der Waals surface area contributed by atoms with Crippen molar-refractivity contribution < 1.29 is 28.7 Å². The maximum absolute atomic E-state index is 12.8. The summed E-state index contributed by atoms with van der Waals surface area (Å²) in [5.74, 6) is -2.52.